The first-order chi connectivity index (χ1) is 12.7. The number of hydrogen-bond donors (Lipinski definition) is 2. The first kappa shape index (κ1) is 16.6. The second kappa shape index (κ2) is 7.15. The van der Waals surface area contributed by atoms with Crippen LogP contribution in [0, 0.1) is 6.92 Å². The molecule has 1 aromatic carbocycles. The van der Waals surface area contributed by atoms with E-state index in [0.29, 0.717) is 11.6 Å². The molecule has 2 N–H and O–H groups in total. The molecule has 0 spiro atoms. The predicted octanol–water partition coefficient (Wildman–Crippen LogP) is 4.03. The first-order valence-corrected chi connectivity index (χ1v) is 9.18. The number of rotatable bonds is 4. The monoisotopic (exact) mass is 349 g/mol. The average Bonchev–Trinajstić information content (AvgIpc) is 3.04. The Labute approximate surface area is 152 Å². The largest absolute Gasteiger partial charge is 0.382 e. The van der Waals surface area contributed by atoms with Crippen LogP contribution in [0.1, 0.15) is 48.3 Å². The maximum absolute atomic E-state index is 12.5. The SMILES string of the molecule is Cc1nnc2ccc(C(=O)Nc3ccc(NC4CCCCC4)cc3)cn12. The van der Waals surface area contributed by atoms with E-state index in [0.717, 1.165) is 22.8 Å². The van der Waals surface area contributed by atoms with Crippen molar-refractivity contribution in [3.8, 4) is 0 Å². The highest BCUT2D eigenvalue weighted by molar-refractivity contribution is 6.04. The summed E-state index contributed by atoms with van der Waals surface area (Å²) in [7, 11) is 0. The lowest BCUT2D eigenvalue weighted by atomic mass is 9.95. The van der Waals surface area contributed by atoms with Crippen LogP contribution < -0.4 is 10.6 Å². The zero-order chi connectivity index (χ0) is 17.9. The Balaban J connectivity index is 1.42. The summed E-state index contributed by atoms with van der Waals surface area (Å²) in [6.45, 7) is 1.86. The van der Waals surface area contributed by atoms with Gasteiger partial charge in [-0.25, -0.2) is 0 Å². The van der Waals surface area contributed by atoms with Crippen LogP contribution in [0.5, 0.6) is 0 Å². The van der Waals surface area contributed by atoms with Crippen molar-refractivity contribution in [1.82, 2.24) is 14.6 Å². The van der Waals surface area contributed by atoms with E-state index in [9.17, 15) is 4.79 Å². The van der Waals surface area contributed by atoms with E-state index in [-0.39, 0.29) is 5.91 Å². The number of aryl methyl sites for hydroxylation is 1. The molecule has 0 unspecified atom stereocenters. The molecular weight excluding hydrogens is 326 g/mol. The molecule has 0 saturated heterocycles. The Bertz CT molecular complexity index is 910. The highest BCUT2D eigenvalue weighted by Gasteiger charge is 2.13. The van der Waals surface area contributed by atoms with E-state index < -0.39 is 0 Å². The lowest BCUT2D eigenvalue weighted by Gasteiger charge is -2.23. The van der Waals surface area contributed by atoms with Gasteiger partial charge >= 0.3 is 0 Å². The predicted molar refractivity (Wildman–Crippen MR) is 103 cm³/mol. The number of nitrogens with zero attached hydrogens (tertiary/aromatic N) is 3. The molecule has 0 radical (unpaired) electrons. The fourth-order valence-electron chi connectivity index (χ4n) is 3.48. The Morgan fingerprint density at radius 3 is 2.50 bits per heavy atom. The Morgan fingerprint density at radius 1 is 1.00 bits per heavy atom. The number of carbonyl (C=O) groups excluding carboxylic acids is 1. The van der Waals surface area contributed by atoms with Gasteiger partial charge in [0.2, 0.25) is 0 Å². The van der Waals surface area contributed by atoms with Crippen LogP contribution in [0.2, 0.25) is 0 Å². The number of benzene rings is 1. The van der Waals surface area contributed by atoms with Crippen LogP contribution in [0.25, 0.3) is 5.65 Å². The number of carbonyl (C=O) groups is 1. The second-order valence-corrected chi connectivity index (χ2v) is 6.90. The molecular formula is C20H23N5O. The molecule has 0 aliphatic heterocycles. The van der Waals surface area contributed by atoms with E-state index in [2.05, 4.69) is 20.8 Å². The number of amides is 1. The van der Waals surface area contributed by atoms with Gasteiger partial charge in [0.25, 0.3) is 5.91 Å². The van der Waals surface area contributed by atoms with E-state index in [4.69, 9.17) is 0 Å². The summed E-state index contributed by atoms with van der Waals surface area (Å²) in [4.78, 5) is 12.5. The van der Waals surface area contributed by atoms with E-state index in [1.807, 2.05) is 35.6 Å². The van der Waals surface area contributed by atoms with Crippen LogP contribution >= 0.6 is 0 Å². The molecule has 1 amide bonds. The van der Waals surface area contributed by atoms with Crippen molar-refractivity contribution >= 4 is 22.9 Å². The average molecular weight is 349 g/mol. The quantitative estimate of drug-likeness (QED) is 0.746. The van der Waals surface area contributed by atoms with E-state index in [1.165, 1.54) is 32.1 Å². The number of fused-ring (bicyclic) bond motifs is 1. The molecule has 1 aliphatic rings. The molecule has 1 aliphatic carbocycles. The topological polar surface area (TPSA) is 71.3 Å². The minimum Gasteiger partial charge on any atom is -0.382 e. The number of pyridine rings is 1. The van der Waals surface area contributed by atoms with Crippen molar-refractivity contribution in [2.45, 2.75) is 45.1 Å². The minimum absolute atomic E-state index is 0.145. The molecule has 4 rings (SSSR count). The molecule has 2 aromatic heterocycles. The smallest absolute Gasteiger partial charge is 0.257 e. The third kappa shape index (κ3) is 3.54. The maximum atomic E-state index is 12.5. The molecule has 1 saturated carbocycles. The molecule has 1 fully saturated rings. The third-order valence-electron chi connectivity index (χ3n) is 4.95. The van der Waals surface area contributed by atoms with Gasteiger partial charge in [-0.15, -0.1) is 10.2 Å². The van der Waals surface area contributed by atoms with Gasteiger partial charge in [-0.05, 0) is 56.2 Å². The van der Waals surface area contributed by atoms with Gasteiger partial charge in [0.05, 0.1) is 5.56 Å². The van der Waals surface area contributed by atoms with Gasteiger partial charge in [0, 0.05) is 23.6 Å². The summed E-state index contributed by atoms with van der Waals surface area (Å²) in [6.07, 6.45) is 8.21. The van der Waals surface area contributed by atoms with Crippen molar-refractivity contribution < 1.29 is 4.79 Å². The van der Waals surface area contributed by atoms with Gasteiger partial charge < -0.3 is 10.6 Å². The summed E-state index contributed by atoms with van der Waals surface area (Å²) in [5.74, 6) is 0.612. The summed E-state index contributed by atoms with van der Waals surface area (Å²) < 4.78 is 1.81. The summed E-state index contributed by atoms with van der Waals surface area (Å²) >= 11 is 0. The molecule has 3 aromatic rings. The second-order valence-electron chi connectivity index (χ2n) is 6.90. The maximum Gasteiger partial charge on any atom is 0.257 e. The fourth-order valence-corrected chi connectivity index (χ4v) is 3.48. The number of aromatic nitrogens is 3. The lowest BCUT2D eigenvalue weighted by molar-refractivity contribution is 0.102. The minimum atomic E-state index is -0.145. The Morgan fingerprint density at radius 2 is 1.73 bits per heavy atom. The van der Waals surface area contributed by atoms with E-state index >= 15 is 0 Å². The molecule has 134 valence electrons. The standard InChI is InChI=1S/C20H23N5O/c1-14-23-24-19-12-7-15(13-25(14)19)20(26)22-18-10-8-17(9-11-18)21-16-5-3-2-4-6-16/h7-13,16,21H,2-6H2,1H3,(H,22,26). The van der Waals surface area contributed by atoms with Crippen LogP contribution in [-0.2, 0) is 0 Å². The van der Waals surface area contributed by atoms with Crippen molar-refractivity contribution in [3.05, 3.63) is 54.0 Å². The van der Waals surface area contributed by atoms with Crippen LogP contribution in [0.15, 0.2) is 42.6 Å². The summed E-state index contributed by atoms with van der Waals surface area (Å²) in [5.41, 5.74) is 3.20. The van der Waals surface area contributed by atoms with Crippen LogP contribution in [0.4, 0.5) is 11.4 Å². The number of hydrogen-bond acceptors (Lipinski definition) is 4. The number of anilines is 2. The van der Waals surface area contributed by atoms with Crippen LogP contribution in [-0.4, -0.2) is 26.5 Å². The molecule has 6 heteroatoms. The van der Waals surface area contributed by atoms with E-state index in [1.54, 1.807) is 18.3 Å². The first-order valence-electron chi connectivity index (χ1n) is 9.18. The lowest BCUT2D eigenvalue weighted by Crippen LogP contribution is -2.22. The fraction of sp³-hybridized carbons (Fsp3) is 0.350. The highest BCUT2D eigenvalue weighted by Crippen LogP contribution is 2.22. The van der Waals surface area contributed by atoms with Crippen LogP contribution in [0.3, 0.4) is 0 Å². The van der Waals surface area contributed by atoms with Gasteiger partial charge in [0.15, 0.2) is 5.65 Å². The molecule has 0 bridgehead atoms. The third-order valence-corrected chi connectivity index (χ3v) is 4.95. The molecule has 26 heavy (non-hydrogen) atoms. The van der Waals surface area contributed by atoms with Crippen molar-refractivity contribution in [2.75, 3.05) is 10.6 Å². The molecule has 0 atom stereocenters. The molecule has 2 heterocycles. The summed E-state index contributed by atoms with van der Waals surface area (Å²) in [5, 5.41) is 14.6. The molecule has 6 nitrogen and oxygen atoms in total. The number of nitrogens with one attached hydrogen (secondary N) is 2. The van der Waals surface area contributed by atoms with Gasteiger partial charge in [-0.3, -0.25) is 9.20 Å². The van der Waals surface area contributed by atoms with Crippen molar-refractivity contribution in [3.63, 3.8) is 0 Å². The van der Waals surface area contributed by atoms with Gasteiger partial charge in [-0.1, -0.05) is 19.3 Å². The van der Waals surface area contributed by atoms with Crippen molar-refractivity contribution in [1.29, 1.82) is 0 Å². The van der Waals surface area contributed by atoms with Gasteiger partial charge in [0.1, 0.15) is 5.82 Å². The van der Waals surface area contributed by atoms with Crippen molar-refractivity contribution in [2.24, 2.45) is 0 Å². The normalized spacial score (nSPS) is 15.1. The highest BCUT2D eigenvalue weighted by atomic mass is 16.1. The zero-order valence-electron chi connectivity index (χ0n) is 14.9. The zero-order valence-corrected chi connectivity index (χ0v) is 14.9. The Hall–Kier alpha value is -2.89. The Kier molecular flexibility index (Phi) is 4.56. The van der Waals surface area contributed by atoms with Gasteiger partial charge in [-0.2, -0.15) is 0 Å². The summed E-state index contributed by atoms with van der Waals surface area (Å²) in [6, 6.07) is 12.1.